The van der Waals surface area contributed by atoms with Gasteiger partial charge in [-0.2, -0.15) is 0 Å². The summed E-state index contributed by atoms with van der Waals surface area (Å²) in [5.41, 5.74) is 3.77. The third-order valence-electron chi connectivity index (χ3n) is 3.56. The van der Waals surface area contributed by atoms with Crippen LogP contribution in [0.1, 0.15) is 12.0 Å². The van der Waals surface area contributed by atoms with E-state index in [2.05, 4.69) is 76.9 Å². The van der Waals surface area contributed by atoms with Crippen molar-refractivity contribution in [1.82, 2.24) is 4.57 Å². The van der Waals surface area contributed by atoms with Gasteiger partial charge in [0.15, 0.2) is 0 Å². The van der Waals surface area contributed by atoms with Gasteiger partial charge in [0.2, 0.25) is 0 Å². The molecule has 2 nitrogen and oxygen atoms in total. The molecule has 2 aromatic carbocycles. The average Bonchev–Trinajstić information content (AvgIpc) is 3.07. The molecular formula is C19H20N2. The van der Waals surface area contributed by atoms with Gasteiger partial charge in [-0.25, -0.2) is 0 Å². The topological polar surface area (TPSA) is 17.0 Å². The number of nitrogens with zero attached hydrogens (tertiary/aromatic N) is 1. The summed E-state index contributed by atoms with van der Waals surface area (Å²) < 4.78 is 2.12. The van der Waals surface area contributed by atoms with Crippen molar-refractivity contribution in [3.05, 3.63) is 84.7 Å². The molecule has 0 fully saturated rings. The number of nitrogens with one attached hydrogen (secondary N) is 1. The molecule has 0 amide bonds. The zero-order valence-electron chi connectivity index (χ0n) is 12.1. The Hall–Kier alpha value is -2.48. The lowest BCUT2D eigenvalue weighted by molar-refractivity contribution is 0.863. The van der Waals surface area contributed by atoms with Crippen LogP contribution in [0.25, 0.3) is 5.69 Å². The maximum Gasteiger partial charge on any atom is 0.0469 e. The highest BCUT2D eigenvalue weighted by Gasteiger charge is 1.97. The summed E-state index contributed by atoms with van der Waals surface area (Å²) in [6.07, 6.45) is 6.38. The molecule has 21 heavy (non-hydrogen) atoms. The van der Waals surface area contributed by atoms with E-state index in [0.29, 0.717) is 0 Å². The molecule has 0 aliphatic heterocycles. The summed E-state index contributed by atoms with van der Waals surface area (Å²) in [6.45, 7) is 0.990. The summed E-state index contributed by atoms with van der Waals surface area (Å²) >= 11 is 0. The van der Waals surface area contributed by atoms with Gasteiger partial charge in [0.05, 0.1) is 0 Å². The number of rotatable bonds is 6. The maximum absolute atomic E-state index is 3.50. The first-order valence-corrected chi connectivity index (χ1v) is 7.43. The van der Waals surface area contributed by atoms with E-state index >= 15 is 0 Å². The minimum absolute atomic E-state index is 0.990. The van der Waals surface area contributed by atoms with Crippen LogP contribution in [-0.4, -0.2) is 11.1 Å². The van der Waals surface area contributed by atoms with Crippen molar-refractivity contribution in [1.29, 1.82) is 0 Å². The summed E-state index contributed by atoms with van der Waals surface area (Å²) in [4.78, 5) is 0. The van der Waals surface area contributed by atoms with Crippen LogP contribution in [0.15, 0.2) is 79.1 Å². The third-order valence-corrected chi connectivity index (χ3v) is 3.56. The van der Waals surface area contributed by atoms with Gasteiger partial charge in [-0.1, -0.05) is 36.4 Å². The predicted octanol–water partition coefficient (Wildman–Crippen LogP) is 4.52. The SMILES string of the molecule is c1ccc(CCCNc2cccc(-n3cccc3)c2)cc1. The Morgan fingerprint density at radius 1 is 0.810 bits per heavy atom. The monoisotopic (exact) mass is 276 g/mol. The van der Waals surface area contributed by atoms with Gasteiger partial charge in [0.25, 0.3) is 0 Å². The van der Waals surface area contributed by atoms with Crippen molar-refractivity contribution in [2.24, 2.45) is 0 Å². The fraction of sp³-hybridized carbons (Fsp3) is 0.158. The number of aryl methyl sites for hydroxylation is 1. The highest BCUT2D eigenvalue weighted by molar-refractivity contribution is 5.51. The second kappa shape index (κ2) is 6.80. The van der Waals surface area contributed by atoms with Gasteiger partial charge < -0.3 is 9.88 Å². The molecule has 106 valence electrons. The molecular weight excluding hydrogens is 256 g/mol. The summed E-state index contributed by atoms with van der Waals surface area (Å²) in [5, 5.41) is 3.50. The van der Waals surface area contributed by atoms with Gasteiger partial charge in [-0.3, -0.25) is 0 Å². The van der Waals surface area contributed by atoms with Crippen LogP contribution in [0, 0.1) is 0 Å². The Morgan fingerprint density at radius 3 is 2.43 bits per heavy atom. The van der Waals surface area contributed by atoms with Crippen LogP contribution < -0.4 is 5.32 Å². The maximum atomic E-state index is 3.50. The van der Waals surface area contributed by atoms with Crippen LogP contribution >= 0.6 is 0 Å². The van der Waals surface area contributed by atoms with Crippen molar-refractivity contribution in [2.45, 2.75) is 12.8 Å². The molecule has 0 atom stereocenters. The molecule has 1 N–H and O–H groups in total. The molecule has 0 unspecified atom stereocenters. The molecule has 3 aromatic rings. The summed E-state index contributed by atoms with van der Waals surface area (Å²) in [5.74, 6) is 0. The van der Waals surface area contributed by atoms with Crippen molar-refractivity contribution in [3.63, 3.8) is 0 Å². The van der Waals surface area contributed by atoms with E-state index in [1.165, 1.54) is 16.9 Å². The fourth-order valence-corrected chi connectivity index (χ4v) is 2.45. The van der Waals surface area contributed by atoms with E-state index in [1.54, 1.807) is 0 Å². The number of aromatic nitrogens is 1. The molecule has 0 spiro atoms. The number of hydrogen-bond donors (Lipinski definition) is 1. The molecule has 0 saturated carbocycles. The lowest BCUT2D eigenvalue weighted by Crippen LogP contribution is -2.03. The van der Waals surface area contributed by atoms with Gasteiger partial charge >= 0.3 is 0 Å². The van der Waals surface area contributed by atoms with Gasteiger partial charge in [-0.05, 0) is 48.7 Å². The first-order valence-electron chi connectivity index (χ1n) is 7.43. The Labute approximate surface area is 126 Å². The fourth-order valence-electron chi connectivity index (χ4n) is 2.45. The van der Waals surface area contributed by atoms with Crippen LogP contribution in [-0.2, 0) is 6.42 Å². The van der Waals surface area contributed by atoms with E-state index in [9.17, 15) is 0 Å². The number of benzene rings is 2. The van der Waals surface area contributed by atoms with E-state index < -0.39 is 0 Å². The largest absolute Gasteiger partial charge is 0.385 e. The Balaban J connectivity index is 1.53. The van der Waals surface area contributed by atoms with Gasteiger partial charge in [-0.15, -0.1) is 0 Å². The summed E-state index contributed by atoms with van der Waals surface area (Å²) in [6, 6.07) is 23.2. The first kappa shape index (κ1) is 13.5. The normalized spacial score (nSPS) is 10.5. The number of anilines is 1. The molecule has 0 saturated heterocycles. The molecule has 2 heteroatoms. The van der Waals surface area contributed by atoms with E-state index in [0.717, 1.165) is 19.4 Å². The van der Waals surface area contributed by atoms with Crippen LogP contribution in [0.3, 0.4) is 0 Å². The van der Waals surface area contributed by atoms with Gasteiger partial charge in [0.1, 0.15) is 0 Å². The van der Waals surface area contributed by atoms with Crippen LogP contribution in [0.5, 0.6) is 0 Å². The minimum Gasteiger partial charge on any atom is -0.385 e. The molecule has 3 rings (SSSR count). The van der Waals surface area contributed by atoms with Crippen molar-refractivity contribution in [3.8, 4) is 5.69 Å². The zero-order chi connectivity index (χ0) is 14.3. The van der Waals surface area contributed by atoms with E-state index in [-0.39, 0.29) is 0 Å². The summed E-state index contributed by atoms with van der Waals surface area (Å²) in [7, 11) is 0. The van der Waals surface area contributed by atoms with Crippen molar-refractivity contribution < 1.29 is 0 Å². The second-order valence-corrected chi connectivity index (χ2v) is 5.16. The highest BCUT2D eigenvalue weighted by atomic mass is 14.9. The van der Waals surface area contributed by atoms with Crippen LogP contribution in [0.4, 0.5) is 5.69 Å². The number of hydrogen-bond acceptors (Lipinski definition) is 1. The van der Waals surface area contributed by atoms with Crippen LogP contribution in [0.2, 0.25) is 0 Å². The highest BCUT2D eigenvalue weighted by Crippen LogP contribution is 2.15. The molecule has 0 radical (unpaired) electrons. The van der Waals surface area contributed by atoms with Gasteiger partial charge in [0, 0.05) is 30.3 Å². The smallest absolute Gasteiger partial charge is 0.0469 e. The Morgan fingerprint density at radius 2 is 1.62 bits per heavy atom. The Kier molecular flexibility index (Phi) is 4.37. The Bertz CT molecular complexity index is 657. The molecule has 0 aliphatic carbocycles. The molecule has 1 aromatic heterocycles. The molecule has 0 aliphatic rings. The molecule has 0 bridgehead atoms. The second-order valence-electron chi connectivity index (χ2n) is 5.16. The lowest BCUT2D eigenvalue weighted by Gasteiger charge is -2.09. The molecule has 1 heterocycles. The standard InChI is InChI=1S/C19H20N2/c1-2-8-17(9-3-1)10-7-13-20-18-11-6-12-19(16-18)21-14-4-5-15-21/h1-6,8-9,11-12,14-16,20H,7,10,13H2. The lowest BCUT2D eigenvalue weighted by atomic mass is 10.1. The van der Waals surface area contributed by atoms with Crippen molar-refractivity contribution in [2.75, 3.05) is 11.9 Å². The zero-order valence-corrected chi connectivity index (χ0v) is 12.1. The average molecular weight is 276 g/mol. The van der Waals surface area contributed by atoms with E-state index in [1.807, 2.05) is 12.1 Å². The third kappa shape index (κ3) is 3.76. The predicted molar refractivity (Wildman–Crippen MR) is 89.0 cm³/mol. The minimum atomic E-state index is 0.990. The van der Waals surface area contributed by atoms with E-state index in [4.69, 9.17) is 0 Å². The van der Waals surface area contributed by atoms with Crippen molar-refractivity contribution >= 4 is 5.69 Å². The quantitative estimate of drug-likeness (QED) is 0.655. The first-order chi connectivity index (χ1) is 10.4.